The molecule has 134 valence electrons. The number of carboxylic acid groups (broad SMARTS) is 1. The first-order valence-electron chi connectivity index (χ1n) is 7.92. The molecule has 0 aliphatic carbocycles. The van der Waals surface area contributed by atoms with Crippen LogP contribution in [0.15, 0.2) is 63.9 Å². The van der Waals surface area contributed by atoms with E-state index in [4.69, 9.17) is 9.52 Å². The maximum absolute atomic E-state index is 11.6. The number of aliphatic carboxylic acids is 1. The molecular weight excluding hydrogens is 354 g/mol. The number of carboxylic acids is 1. The smallest absolute Gasteiger partial charge is 0.303 e. The van der Waals surface area contributed by atoms with Crippen molar-refractivity contribution >= 4 is 15.8 Å². The normalized spacial score (nSPS) is 11.4. The van der Waals surface area contributed by atoms with Crippen molar-refractivity contribution in [1.29, 1.82) is 0 Å². The van der Waals surface area contributed by atoms with Crippen molar-refractivity contribution in [2.24, 2.45) is 0 Å². The molecular formula is C19H17NO5S. The number of sulfone groups is 1. The minimum absolute atomic E-state index is 0.0821. The highest BCUT2D eigenvalue weighted by Crippen LogP contribution is 2.33. The average Bonchev–Trinajstić information content (AvgIpc) is 3.04. The van der Waals surface area contributed by atoms with Crippen molar-refractivity contribution in [3.05, 3.63) is 60.5 Å². The van der Waals surface area contributed by atoms with Gasteiger partial charge in [-0.15, -0.1) is 0 Å². The lowest BCUT2D eigenvalue weighted by molar-refractivity contribution is -0.137. The van der Waals surface area contributed by atoms with E-state index in [0.29, 0.717) is 22.9 Å². The molecule has 0 atom stereocenters. The van der Waals surface area contributed by atoms with Crippen LogP contribution in [0.4, 0.5) is 0 Å². The third-order valence-corrected chi connectivity index (χ3v) is 4.94. The topological polar surface area (TPSA) is 97.5 Å². The highest BCUT2D eigenvalue weighted by atomic mass is 32.2. The first-order chi connectivity index (χ1) is 12.3. The van der Waals surface area contributed by atoms with E-state index in [1.165, 1.54) is 12.1 Å². The number of aryl methyl sites for hydroxylation is 1. The Bertz CT molecular complexity index is 1020. The Morgan fingerprint density at radius 1 is 1.04 bits per heavy atom. The first kappa shape index (κ1) is 17.9. The van der Waals surface area contributed by atoms with Gasteiger partial charge in [-0.3, -0.25) is 4.79 Å². The highest BCUT2D eigenvalue weighted by molar-refractivity contribution is 7.90. The van der Waals surface area contributed by atoms with Gasteiger partial charge in [0.15, 0.2) is 21.5 Å². The minimum atomic E-state index is -3.29. The Hall–Kier alpha value is -2.93. The van der Waals surface area contributed by atoms with Gasteiger partial charge in [0.2, 0.25) is 0 Å². The molecule has 0 amide bonds. The predicted octanol–water partition coefficient (Wildman–Crippen LogP) is 3.43. The summed E-state index contributed by atoms with van der Waals surface area (Å²) in [5.74, 6) is -0.0740. The summed E-state index contributed by atoms with van der Waals surface area (Å²) in [7, 11) is -3.29. The van der Waals surface area contributed by atoms with E-state index >= 15 is 0 Å². The molecule has 0 saturated heterocycles. The Morgan fingerprint density at radius 2 is 1.69 bits per heavy atom. The molecule has 3 aromatic rings. The molecule has 0 aliphatic rings. The second-order valence-corrected chi connectivity index (χ2v) is 7.86. The van der Waals surface area contributed by atoms with Crippen molar-refractivity contribution in [3.8, 4) is 22.6 Å². The van der Waals surface area contributed by atoms with Gasteiger partial charge in [0.1, 0.15) is 5.69 Å². The van der Waals surface area contributed by atoms with Crippen LogP contribution in [0.3, 0.4) is 0 Å². The quantitative estimate of drug-likeness (QED) is 0.713. The highest BCUT2D eigenvalue weighted by Gasteiger charge is 2.18. The summed E-state index contributed by atoms with van der Waals surface area (Å²) in [6, 6.07) is 15.7. The third kappa shape index (κ3) is 4.00. The molecule has 3 rings (SSSR count). The fourth-order valence-corrected chi connectivity index (χ4v) is 3.16. The Balaban J connectivity index is 2.05. The minimum Gasteiger partial charge on any atom is -0.481 e. The van der Waals surface area contributed by atoms with Gasteiger partial charge >= 0.3 is 5.97 Å². The van der Waals surface area contributed by atoms with Crippen molar-refractivity contribution in [2.75, 3.05) is 6.26 Å². The number of hydrogen-bond acceptors (Lipinski definition) is 5. The largest absolute Gasteiger partial charge is 0.481 e. The van der Waals surface area contributed by atoms with Gasteiger partial charge in [-0.1, -0.05) is 42.5 Å². The van der Waals surface area contributed by atoms with E-state index in [-0.39, 0.29) is 17.7 Å². The Morgan fingerprint density at radius 3 is 2.27 bits per heavy atom. The number of hydrogen-bond donors (Lipinski definition) is 1. The molecule has 0 unspecified atom stereocenters. The second kappa shape index (κ2) is 7.13. The average molecular weight is 371 g/mol. The summed E-state index contributed by atoms with van der Waals surface area (Å²) in [5.41, 5.74) is 2.06. The van der Waals surface area contributed by atoms with Gasteiger partial charge in [0.05, 0.1) is 11.3 Å². The number of oxazole rings is 1. The molecule has 0 bridgehead atoms. The van der Waals surface area contributed by atoms with Crippen molar-refractivity contribution in [1.82, 2.24) is 4.98 Å². The van der Waals surface area contributed by atoms with Crippen molar-refractivity contribution < 1.29 is 22.7 Å². The van der Waals surface area contributed by atoms with E-state index in [1.54, 1.807) is 12.1 Å². The zero-order valence-electron chi connectivity index (χ0n) is 14.0. The van der Waals surface area contributed by atoms with Crippen LogP contribution in [-0.4, -0.2) is 30.7 Å². The van der Waals surface area contributed by atoms with Gasteiger partial charge in [-0.05, 0) is 12.1 Å². The summed E-state index contributed by atoms with van der Waals surface area (Å²) < 4.78 is 29.1. The molecule has 0 aliphatic heterocycles. The second-order valence-electron chi connectivity index (χ2n) is 5.84. The Labute approximate surface area is 151 Å². The SMILES string of the molecule is CS(=O)(=O)c1ccc(-c2nc(CCC(=O)O)oc2-c2ccccc2)cc1. The summed E-state index contributed by atoms with van der Waals surface area (Å²) >= 11 is 0. The number of rotatable bonds is 6. The molecule has 26 heavy (non-hydrogen) atoms. The lowest BCUT2D eigenvalue weighted by atomic mass is 10.1. The third-order valence-electron chi connectivity index (χ3n) is 3.82. The van der Waals surface area contributed by atoms with E-state index in [2.05, 4.69) is 4.98 Å². The number of nitrogens with zero attached hydrogens (tertiary/aromatic N) is 1. The van der Waals surface area contributed by atoms with Gasteiger partial charge in [-0.25, -0.2) is 13.4 Å². The lowest BCUT2D eigenvalue weighted by Crippen LogP contribution is -1.97. The fourth-order valence-electron chi connectivity index (χ4n) is 2.53. The van der Waals surface area contributed by atoms with Gasteiger partial charge in [0, 0.05) is 23.8 Å². The van der Waals surface area contributed by atoms with Crippen LogP contribution in [0.1, 0.15) is 12.3 Å². The molecule has 0 fully saturated rings. The van der Waals surface area contributed by atoms with Crippen LogP contribution in [0, 0.1) is 0 Å². The predicted molar refractivity (Wildman–Crippen MR) is 96.4 cm³/mol. The molecule has 1 heterocycles. The van der Waals surface area contributed by atoms with E-state index in [1.807, 2.05) is 30.3 Å². The van der Waals surface area contributed by atoms with Crippen LogP contribution < -0.4 is 0 Å². The molecule has 1 N–H and O–H groups in total. The monoisotopic (exact) mass is 371 g/mol. The molecule has 7 heteroatoms. The maximum atomic E-state index is 11.6. The summed E-state index contributed by atoms with van der Waals surface area (Å²) in [6.07, 6.45) is 1.25. The zero-order valence-corrected chi connectivity index (χ0v) is 14.9. The van der Waals surface area contributed by atoms with Crippen LogP contribution >= 0.6 is 0 Å². The fraction of sp³-hybridized carbons (Fsp3) is 0.158. The van der Waals surface area contributed by atoms with Crippen LogP contribution in [0.25, 0.3) is 22.6 Å². The lowest BCUT2D eigenvalue weighted by Gasteiger charge is -2.03. The van der Waals surface area contributed by atoms with Crippen LogP contribution in [0.2, 0.25) is 0 Å². The molecule has 2 aromatic carbocycles. The van der Waals surface area contributed by atoms with Crippen molar-refractivity contribution in [3.63, 3.8) is 0 Å². The number of benzene rings is 2. The van der Waals surface area contributed by atoms with E-state index < -0.39 is 15.8 Å². The number of aromatic nitrogens is 1. The van der Waals surface area contributed by atoms with Crippen LogP contribution in [0.5, 0.6) is 0 Å². The zero-order chi connectivity index (χ0) is 18.7. The van der Waals surface area contributed by atoms with Crippen molar-refractivity contribution in [2.45, 2.75) is 17.7 Å². The van der Waals surface area contributed by atoms with Gasteiger partial charge in [-0.2, -0.15) is 0 Å². The standard InChI is InChI=1S/C19H17NO5S/c1-26(23,24)15-9-7-13(8-10-15)18-19(14-5-3-2-4-6-14)25-16(20-18)11-12-17(21)22/h2-10H,11-12H2,1H3,(H,21,22). The molecule has 0 spiro atoms. The summed E-state index contributed by atoms with van der Waals surface area (Å²) in [4.78, 5) is 15.5. The van der Waals surface area contributed by atoms with Gasteiger partial charge in [0.25, 0.3) is 0 Å². The maximum Gasteiger partial charge on any atom is 0.303 e. The van der Waals surface area contributed by atoms with Gasteiger partial charge < -0.3 is 9.52 Å². The summed E-state index contributed by atoms with van der Waals surface area (Å²) in [6.45, 7) is 0. The van der Waals surface area contributed by atoms with Crippen LogP contribution in [-0.2, 0) is 21.1 Å². The number of carbonyl (C=O) groups is 1. The molecule has 1 aromatic heterocycles. The van der Waals surface area contributed by atoms with E-state index in [0.717, 1.165) is 11.8 Å². The van der Waals surface area contributed by atoms with E-state index in [9.17, 15) is 13.2 Å². The molecule has 0 radical (unpaired) electrons. The first-order valence-corrected chi connectivity index (χ1v) is 9.81. The molecule has 6 nitrogen and oxygen atoms in total. The Kier molecular flexibility index (Phi) is 4.90. The summed E-state index contributed by atoms with van der Waals surface area (Å²) in [5, 5.41) is 8.87. The molecule has 0 saturated carbocycles.